The Morgan fingerprint density at radius 2 is 1.83 bits per heavy atom. The van der Waals surface area contributed by atoms with Gasteiger partial charge in [0.05, 0.1) is 24.9 Å². The number of pyridine rings is 1. The van der Waals surface area contributed by atoms with Crippen LogP contribution in [0.15, 0.2) is 67.1 Å². The fourth-order valence-corrected chi connectivity index (χ4v) is 4.07. The van der Waals surface area contributed by atoms with Gasteiger partial charge < -0.3 is 19.5 Å². The van der Waals surface area contributed by atoms with Crippen molar-refractivity contribution < 1.29 is 4.74 Å². The molecule has 1 N–H and O–H groups in total. The second-order valence-electron chi connectivity index (χ2n) is 8.22. The summed E-state index contributed by atoms with van der Waals surface area (Å²) in [6, 6.07) is 16.1. The zero-order valence-corrected chi connectivity index (χ0v) is 18.0. The summed E-state index contributed by atoms with van der Waals surface area (Å²) >= 11 is 5.77. The molecule has 0 unspecified atom stereocenters. The Morgan fingerprint density at radius 1 is 1.07 bits per heavy atom. The molecule has 2 atom stereocenters. The van der Waals surface area contributed by atoms with Gasteiger partial charge in [0.1, 0.15) is 5.75 Å². The molecule has 3 aromatic rings. The van der Waals surface area contributed by atoms with Crippen LogP contribution in [-0.2, 0) is 5.54 Å². The van der Waals surface area contributed by atoms with Gasteiger partial charge >= 0.3 is 0 Å². The Labute approximate surface area is 177 Å². The molecule has 5 nitrogen and oxygen atoms in total. The van der Waals surface area contributed by atoms with Gasteiger partial charge in [-0.2, -0.15) is 0 Å². The van der Waals surface area contributed by atoms with Gasteiger partial charge in [0.2, 0.25) is 0 Å². The predicted molar refractivity (Wildman–Crippen MR) is 120 cm³/mol. The average molecular weight is 407 g/mol. The molecule has 1 aliphatic rings. The summed E-state index contributed by atoms with van der Waals surface area (Å²) in [5, 5.41) is 4.19. The summed E-state index contributed by atoms with van der Waals surface area (Å²) in [6.07, 6.45) is 6.18. The van der Waals surface area contributed by atoms with Gasteiger partial charge in [-0.05, 0) is 81.0 Å². The standard InChI is InChI=1S/C23H26N4OS/c1-23(2,3)26-14-12-16(15-26)21-20(19-7-5-6-13-24-19)25-22(29)27(21)17-8-10-18(28-4)11-9-17/h5-15,20-21H,1-4H3,(H,25,29)/t20-,21+/m0/s1. The van der Waals surface area contributed by atoms with Gasteiger partial charge in [-0.15, -0.1) is 0 Å². The first kappa shape index (κ1) is 19.5. The maximum Gasteiger partial charge on any atom is 0.174 e. The van der Waals surface area contributed by atoms with E-state index in [2.05, 4.69) is 59.0 Å². The fourth-order valence-electron chi connectivity index (χ4n) is 3.72. The number of methoxy groups -OCH3 is 1. The third kappa shape index (κ3) is 3.72. The molecule has 0 aliphatic carbocycles. The van der Waals surface area contributed by atoms with E-state index in [-0.39, 0.29) is 17.6 Å². The number of thiocarbonyl (C=S) groups is 1. The molecule has 1 saturated heterocycles. The minimum absolute atomic E-state index is 0.00519. The van der Waals surface area contributed by atoms with Crippen LogP contribution in [-0.4, -0.2) is 21.8 Å². The van der Waals surface area contributed by atoms with E-state index in [1.165, 1.54) is 5.56 Å². The minimum Gasteiger partial charge on any atom is -0.497 e. The smallest absolute Gasteiger partial charge is 0.174 e. The zero-order valence-electron chi connectivity index (χ0n) is 17.2. The van der Waals surface area contributed by atoms with Gasteiger partial charge in [-0.1, -0.05) is 6.07 Å². The van der Waals surface area contributed by atoms with Crippen molar-refractivity contribution in [1.82, 2.24) is 14.9 Å². The first-order valence-electron chi connectivity index (χ1n) is 9.71. The summed E-state index contributed by atoms with van der Waals surface area (Å²) in [5.74, 6) is 0.823. The molecule has 0 bridgehead atoms. The number of aromatic nitrogens is 2. The lowest BCUT2D eigenvalue weighted by Crippen LogP contribution is -2.29. The second-order valence-corrected chi connectivity index (χ2v) is 8.60. The number of anilines is 1. The van der Waals surface area contributed by atoms with Gasteiger partial charge in [-0.25, -0.2) is 0 Å². The lowest BCUT2D eigenvalue weighted by Gasteiger charge is -2.28. The molecule has 0 radical (unpaired) electrons. The van der Waals surface area contributed by atoms with E-state index in [0.717, 1.165) is 17.1 Å². The largest absolute Gasteiger partial charge is 0.497 e. The van der Waals surface area contributed by atoms with Crippen LogP contribution in [0.5, 0.6) is 5.75 Å². The number of hydrogen-bond acceptors (Lipinski definition) is 3. The van der Waals surface area contributed by atoms with Crippen LogP contribution in [0.25, 0.3) is 0 Å². The van der Waals surface area contributed by atoms with Crippen LogP contribution in [0.1, 0.15) is 44.1 Å². The highest BCUT2D eigenvalue weighted by atomic mass is 32.1. The minimum atomic E-state index is -0.0402. The van der Waals surface area contributed by atoms with E-state index in [1.54, 1.807) is 7.11 Å². The Morgan fingerprint density at radius 3 is 2.41 bits per heavy atom. The van der Waals surface area contributed by atoms with Crippen molar-refractivity contribution in [3.05, 3.63) is 78.4 Å². The molecule has 1 aliphatic heterocycles. The molecular weight excluding hydrogens is 380 g/mol. The van der Waals surface area contributed by atoms with Crippen molar-refractivity contribution in [2.45, 2.75) is 38.4 Å². The number of nitrogens with zero attached hydrogens (tertiary/aromatic N) is 3. The zero-order chi connectivity index (χ0) is 20.6. The predicted octanol–water partition coefficient (Wildman–Crippen LogP) is 4.82. The highest BCUT2D eigenvalue weighted by Gasteiger charge is 2.41. The Balaban J connectivity index is 1.80. The van der Waals surface area contributed by atoms with E-state index in [9.17, 15) is 0 Å². The van der Waals surface area contributed by atoms with E-state index in [1.807, 2.05) is 48.7 Å². The topological polar surface area (TPSA) is 42.3 Å². The van der Waals surface area contributed by atoms with Crippen molar-refractivity contribution >= 4 is 23.0 Å². The molecule has 2 aromatic heterocycles. The number of ether oxygens (including phenoxy) is 1. The molecule has 0 saturated carbocycles. The summed E-state index contributed by atoms with van der Waals surface area (Å²) in [5.41, 5.74) is 3.20. The summed E-state index contributed by atoms with van der Waals surface area (Å²) in [6.45, 7) is 6.60. The van der Waals surface area contributed by atoms with Crippen LogP contribution in [0.2, 0.25) is 0 Å². The molecule has 4 rings (SSSR count). The molecule has 29 heavy (non-hydrogen) atoms. The maximum atomic E-state index is 5.77. The molecular formula is C23H26N4OS. The first-order valence-corrected chi connectivity index (χ1v) is 10.1. The second kappa shape index (κ2) is 7.52. The maximum absolute atomic E-state index is 5.77. The van der Waals surface area contributed by atoms with Crippen LogP contribution in [0.3, 0.4) is 0 Å². The van der Waals surface area contributed by atoms with E-state index in [4.69, 9.17) is 17.0 Å². The summed E-state index contributed by atoms with van der Waals surface area (Å²) in [4.78, 5) is 6.78. The van der Waals surface area contributed by atoms with Gasteiger partial charge in [0.25, 0.3) is 0 Å². The first-order chi connectivity index (χ1) is 13.9. The quantitative estimate of drug-likeness (QED) is 0.629. The molecule has 3 heterocycles. The van der Waals surface area contributed by atoms with Gasteiger partial charge in [0.15, 0.2) is 5.11 Å². The third-order valence-electron chi connectivity index (χ3n) is 5.28. The number of benzene rings is 1. The lowest BCUT2D eigenvalue weighted by atomic mass is 9.98. The van der Waals surface area contributed by atoms with Crippen molar-refractivity contribution in [2.75, 3.05) is 12.0 Å². The Bertz CT molecular complexity index is 992. The molecule has 1 aromatic carbocycles. The van der Waals surface area contributed by atoms with Crippen LogP contribution >= 0.6 is 12.2 Å². The molecule has 6 heteroatoms. The Kier molecular flexibility index (Phi) is 5.04. The van der Waals surface area contributed by atoms with Crippen molar-refractivity contribution in [2.24, 2.45) is 0 Å². The number of hydrogen-bond donors (Lipinski definition) is 1. The summed E-state index contributed by atoms with van der Waals surface area (Å²) < 4.78 is 7.56. The third-order valence-corrected chi connectivity index (χ3v) is 5.60. The van der Waals surface area contributed by atoms with Gasteiger partial charge in [0, 0.05) is 29.8 Å². The van der Waals surface area contributed by atoms with Crippen LogP contribution < -0.4 is 15.0 Å². The normalized spacial score (nSPS) is 19.3. The van der Waals surface area contributed by atoms with Crippen LogP contribution in [0, 0.1) is 0 Å². The average Bonchev–Trinajstić information content (AvgIpc) is 3.33. The van der Waals surface area contributed by atoms with E-state index < -0.39 is 0 Å². The summed E-state index contributed by atoms with van der Waals surface area (Å²) in [7, 11) is 1.67. The van der Waals surface area contributed by atoms with Crippen LogP contribution in [0.4, 0.5) is 5.69 Å². The highest BCUT2D eigenvalue weighted by molar-refractivity contribution is 7.80. The highest BCUT2D eigenvalue weighted by Crippen LogP contribution is 2.42. The molecule has 0 spiro atoms. The monoisotopic (exact) mass is 406 g/mol. The molecule has 1 fully saturated rings. The Hall–Kier alpha value is -2.86. The van der Waals surface area contributed by atoms with Crippen molar-refractivity contribution in [1.29, 1.82) is 0 Å². The fraction of sp³-hybridized carbons (Fsp3) is 0.304. The van der Waals surface area contributed by atoms with Crippen molar-refractivity contribution in [3.8, 4) is 5.75 Å². The van der Waals surface area contributed by atoms with Gasteiger partial charge in [-0.3, -0.25) is 4.98 Å². The van der Waals surface area contributed by atoms with Crippen molar-refractivity contribution in [3.63, 3.8) is 0 Å². The molecule has 0 amide bonds. The number of rotatable bonds is 4. The van der Waals surface area contributed by atoms with E-state index >= 15 is 0 Å². The SMILES string of the molecule is COc1ccc(N2C(=S)N[C@@H](c3ccccn3)[C@H]2c2ccn(C(C)(C)C)c2)cc1. The molecule has 150 valence electrons. The van der Waals surface area contributed by atoms with E-state index in [0.29, 0.717) is 5.11 Å². The number of nitrogens with one attached hydrogen (secondary N) is 1. The lowest BCUT2D eigenvalue weighted by molar-refractivity contribution is 0.397.